The molecule has 3 N–H and O–H groups in total. The summed E-state index contributed by atoms with van der Waals surface area (Å²) >= 11 is 0. The van der Waals surface area contributed by atoms with Crippen LogP contribution in [-0.2, 0) is 9.59 Å². The van der Waals surface area contributed by atoms with Gasteiger partial charge >= 0.3 is 0 Å². The van der Waals surface area contributed by atoms with Crippen LogP contribution in [0.15, 0.2) is 5.10 Å². The van der Waals surface area contributed by atoms with Crippen LogP contribution in [0.5, 0.6) is 0 Å². The second-order valence-electron chi connectivity index (χ2n) is 3.46. The second kappa shape index (κ2) is 5.45. The van der Waals surface area contributed by atoms with Gasteiger partial charge in [0, 0.05) is 26.4 Å². The monoisotopic (exact) mass is 212 g/mol. The van der Waals surface area contributed by atoms with Crippen molar-refractivity contribution in [1.29, 1.82) is 0 Å². The minimum absolute atomic E-state index is 0.136. The van der Waals surface area contributed by atoms with Gasteiger partial charge in [0.1, 0.15) is 5.71 Å². The molecule has 0 aliphatic carbocycles. The number of nitrogens with two attached hydrogens (primary N) is 1. The Balaban J connectivity index is 2.49. The molecule has 6 heteroatoms. The van der Waals surface area contributed by atoms with E-state index in [0.29, 0.717) is 31.6 Å². The van der Waals surface area contributed by atoms with Crippen molar-refractivity contribution in [2.45, 2.75) is 19.3 Å². The SMILES string of the molecule is CN(CCCN)C(=O)C1=NNC(=O)CC1. The Morgan fingerprint density at radius 2 is 2.33 bits per heavy atom. The summed E-state index contributed by atoms with van der Waals surface area (Å²) < 4.78 is 0. The number of hydrazone groups is 1. The first-order valence-corrected chi connectivity index (χ1v) is 4.96. The van der Waals surface area contributed by atoms with Gasteiger partial charge in [-0.05, 0) is 13.0 Å². The first-order valence-electron chi connectivity index (χ1n) is 4.96. The highest BCUT2D eigenvalue weighted by molar-refractivity contribution is 6.39. The van der Waals surface area contributed by atoms with Gasteiger partial charge in [-0.3, -0.25) is 9.59 Å². The highest BCUT2D eigenvalue weighted by Gasteiger charge is 2.20. The quantitative estimate of drug-likeness (QED) is 0.630. The van der Waals surface area contributed by atoms with Crippen LogP contribution in [0.25, 0.3) is 0 Å². The predicted octanol–water partition coefficient (Wildman–Crippen LogP) is -0.940. The van der Waals surface area contributed by atoms with Gasteiger partial charge in [0.15, 0.2) is 0 Å². The lowest BCUT2D eigenvalue weighted by molar-refractivity contribution is -0.123. The summed E-state index contributed by atoms with van der Waals surface area (Å²) in [7, 11) is 1.71. The summed E-state index contributed by atoms with van der Waals surface area (Å²) in [4.78, 5) is 24.1. The molecule has 0 radical (unpaired) electrons. The van der Waals surface area contributed by atoms with Crippen LogP contribution >= 0.6 is 0 Å². The van der Waals surface area contributed by atoms with Crippen molar-refractivity contribution >= 4 is 17.5 Å². The van der Waals surface area contributed by atoms with Crippen molar-refractivity contribution in [3.8, 4) is 0 Å². The molecule has 0 bridgehead atoms. The van der Waals surface area contributed by atoms with Gasteiger partial charge in [-0.25, -0.2) is 5.43 Å². The number of nitrogens with one attached hydrogen (secondary N) is 1. The number of hydrogen-bond donors (Lipinski definition) is 2. The molecule has 0 unspecified atom stereocenters. The molecule has 0 aromatic rings. The number of carbonyl (C=O) groups excluding carboxylic acids is 2. The Kier molecular flexibility index (Phi) is 4.23. The third-order valence-electron chi connectivity index (χ3n) is 2.20. The molecule has 0 saturated carbocycles. The maximum absolute atomic E-state index is 11.7. The van der Waals surface area contributed by atoms with Crippen molar-refractivity contribution in [3.05, 3.63) is 0 Å². The number of rotatable bonds is 4. The zero-order valence-electron chi connectivity index (χ0n) is 8.82. The van der Waals surface area contributed by atoms with Gasteiger partial charge in [-0.1, -0.05) is 0 Å². The molecule has 1 heterocycles. The minimum Gasteiger partial charge on any atom is -0.341 e. The van der Waals surface area contributed by atoms with Crippen LogP contribution in [0.2, 0.25) is 0 Å². The molecule has 1 aliphatic rings. The Morgan fingerprint density at radius 3 is 2.87 bits per heavy atom. The first-order chi connectivity index (χ1) is 7.15. The molecule has 6 nitrogen and oxygen atoms in total. The van der Waals surface area contributed by atoms with E-state index in [1.165, 1.54) is 0 Å². The summed E-state index contributed by atoms with van der Waals surface area (Å²) in [6.07, 6.45) is 1.51. The third-order valence-corrected chi connectivity index (χ3v) is 2.20. The molecule has 1 rings (SSSR count). The van der Waals surface area contributed by atoms with Gasteiger partial charge in [-0.2, -0.15) is 5.10 Å². The molecule has 0 atom stereocenters. The van der Waals surface area contributed by atoms with Crippen LogP contribution in [0.3, 0.4) is 0 Å². The van der Waals surface area contributed by atoms with E-state index in [9.17, 15) is 9.59 Å². The standard InChI is InChI=1S/C9H16N4O2/c1-13(6-2-5-10)9(15)7-3-4-8(14)12-11-7/h2-6,10H2,1H3,(H,12,14). The van der Waals surface area contributed by atoms with E-state index in [1.54, 1.807) is 11.9 Å². The van der Waals surface area contributed by atoms with Crippen molar-refractivity contribution in [1.82, 2.24) is 10.3 Å². The first kappa shape index (κ1) is 11.6. The fraction of sp³-hybridized carbons (Fsp3) is 0.667. The molecule has 15 heavy (non-hydrogen) atoms. The Morgan fingerprint density at radius 1 is 1.60 bits per heavy atom. The normalized spacial score (nSPS) is 15.6. The summed E-state index contributed by atoms with van der Waals surface area (Å²) in [6, 6.07) is 0. The van der Waals surface area contributed by atoms with Gasteiger partial charge in [-0.15, -0.1) is 0 Å². The predicted molar refractivity (Wildman–Crippen MR) is 56.1 cm³/mol. The molecule has 0 aromatic carbocycles. The molecule has 84 valence electrons. The average Bonchev–Trinajstić information content (AvgIpc) is 2.26. The van der Waals surface area contributed by atoms with E-state index in [4.69, 9.17) is 5.73 Å². The molecule has 2 amide bonds. The fourth-order valence-corrected chi connectivity index (χ4v) is 1.28. The number of amides is 2. The van der Waals surface area contributed by atoms with E-state index in [0.717, 1.165) is 6.42 Å². The smallest absolute Gasteiger partial charge is 0.269 e. The van der Waals surface area contributed by atoms with Crippen LogP contribution in [0.1, 0.15) is 19.3 Å². The van der Waals surface area contributed by atoms with Crippen molar-refractivity contribution in [2.75, 3.05) is 20.1 Å². The van der Waals surface area contributed by atoms with Crippen LogP contribution in [-0.4, -0.2) is 42.6 Å². The topological polar surface area (TPSA) is 87.8 Å². The number of carbonyl (C=O) groups is 2. The Hall–Kier alpha value is -1.43. The number of hydrogen-bond acceptors (Lipinski definition) is 4. The molecular formula is C9H16N4O2. The van der Waals surface area contributed by atoms with Gasteiger partial charge < -0.3 is 10.6 Å². The van der Waals surface area contributed by atoms with E-state index >= 15 is 0 Å². The van der Waals surface area contributed by atoms with Crippen LogP contribution in [0.4, 0.5) is 0 Å². The zero-order valence-corrected chi connectivity index (χ0v) is 8.82. The van der Waals surface area contributed by atoms with Crippen molar-refractivity contribution in [2.24, 2.45) is 10.8 Å². The molecule has 0 spiro atoms. The zero-order chi connectivity index (χ0) is 11.3. The van der Waals surface area contributed by atoms with Crippen LogP contribution < -0.4 is 11.2 Å². The molecule has 0 saturated heterocycles. The van der Waals surface area contributed by atoms with Crippen molar-refractivity contribution < 1.29 is 9.59 Å². The molecule has 0 aromatic heterocycles. The highest BCUT2D eigenvalue weighted by Crippen LogP contribution is 2.02. The van der Waals surface area contributed by atoms with E-state index < -0.39 is 0 Å². The summed E-state index contributed by atoms with van der Waals surface area (Å²) in [6.45, 7) is 1.17. The fourth-order valence-electron chi connectivity index (χ4n) is 1.28. The maximum Gasteiger partial charge on any atom is 0.269 e. The van der Waals surface area contributed by atoms with Gasteiger partial charge in [0.25, 0.3) is 5.91 Å². The highest BCUT2D eigenvalue weighted by atomic mass is 16.2. The lowest BCUT2D eigenvalue weighted by atomic mass is 10.1. The maximum atomic E-state index is 11.7. The summed E-state index contributed by atoms with van der Waals surface area (Å²) in [5.74, 6) is -0.278. The van der Waals surface area contributed by atoms with Gasteiger partial charge in [0.2, 0.25) is 5.91 Å². The molecular weight excluding hydrogens is 196 g/mol. The van der Waals surface area contributed by atoms with Crippen molar-refractivity contribution in [3.63, 3.8) is 0 Å². The Labute approximate surface area is 88.5 Å². The largest absolute Gasteiger partial charge is 0.341 e. The second-order valence-corrected chi connectivity index (χ2v) is 3.46. The van der Waals surface area contributed by atoms with Gasteiger partial charge in [0.05, 0.1) is 0 Å². The summed E-state index contributed by atoms with van der Waals surface area (Å²) in [5.41, 5.74) is 8.06. The van der Waals surface area contributed by atoms with Crippen LogP contribution in [0, 0.1) is 0 Å². The molecule has 0 fully saturated rings. The lowest BCUT2D eigenvalue weighted by Gasteiger charge is -2.19. The average molecular weight is 212 g/mol. The van der Waals surface area contributed by atoms with E-state index in [2.05, 4.69) is 10.5 Å². The minimum atomic E-state index is -0.142. The summed E-state index contributed by atoms with van der Waals surface area (Å²) in [5, 5.41) is 3.73. The molecule has 1 aliphatic heterocycles. The third kappa shape index (κ3) is 3.32. The lowest BCUT2D eigenvalue weighted by Crippen LogP contribution is -2.38. The van der Waals surface area contributed by atoms with E-state index in [1.807, 2.05) is 0 Å². The number of nitrogens with zero attached hydrogens (tertiary/aromatic N) is 2. The Bertz CT molecular complexity index is 288. The van der Waals surface area contributed by atoms with E-state index in [-0.39, 0.29) is 11.8 Å².